The minimum Gasteiger partial charge on any atom is -0.353 e. The van der Waals surface area contributed by atoms with Crippen LogP contribution in [0.3, 0.4) is 0 Å². The van der Waals surface area contributed by atoms with E-state index >= 15 is 0 Å². The maximum Gasteiger partial charge on any atom is 0.334 e. The summed E-state index contributed by atoms with van der Waals surface area (Å²) in [6, 6.07) is -0.562. The van der Waals surface area contributed by atoms with Crippen molar-refractivity contribution in [3.63, 3.8) is 0 Å². The van der Waals surface area contributed by atoms with E-state index in [-0.39, 0.29) is 17.4 Å². The second kappa shape index (κ2) is 6.36. The molecule has 0 saturated carbocycles. The smallest absolute Gasteiger partial charge is 0.334 e. The zero-order chi connectivity index (χ0) is 15.4. The highest BCUT2D eigenvalue weighted by atomic mass is 16.6. The van der Waals surface area contributed by atoms with Gasteiger partial charge in [-0.3, -0.25) is 14.9 Å². The van der Waals surface area contributed by atoms with E-state index in [1.807, 2.05) is 6.92 Å². The number of nitro groups is 1. The lowest BCUT2D eigenvalue weighted by Crippen LogP contribution is -2.37. The fourth-order valence-corrected chi connectivity index (χ4v) is 1.98. The van der Waals surface area contributed by atoms with Crippen LogP contribution in [-0.2, 0) is 18.3 Å². The fourth-order valence-electron chi connectivity index (χ4n) is 1.98. The minimum absolute atomic E-state index is 0.0484. The maximum atomic E-state index is 11.8. The average molecular weight is 283 g/mol. The number of nitrogens with zero attached hydrogens (tertiary/aromatic N) is 4. The normalized spacial score (nSPS) is 12.1. The topological polar surface area (TPSA) is 93.3 Å². The molecule has 1 rings (SSSR count). The van der Waals surface area contributed by atoms with Gasteiger partial charge in [-0.25, -0.2) is 4.68 Å². The highest BCUT2D eigenvalue weighted by molar-refractivity contribution is 5.84. The largest absolute Gasteiger partial charge is 0.353 e. The Morgan fingerprint density at radius 1 is 1.55 bits per heavy atom. The standard InChI is InChI=1S/C12H21N5O3/c1-6-7-9-10(17(19)20)11(16(5)14-9)13-8(2)12(18)15(3)4/h8,13H,6-7H2,1-5H3. The Kier molecular flexibility index (Phi) is 5.06. The van der Waals surface area contributed by atoms with E-state index in [1.165, 1.54) is 9.58 Å². The van der Waals surface area contributed by atoms with Crippen LogP contribution in [0.1, 0.15) is 26.0 Å². The molecule has 0 saturated heterocycles. The summed E-state index contributed by atoms with van der Waals surface area (Å²) in [5.41, 5.74) is 0.389. The summed E-state index contributed by atoms with van der Waals surface area (Å²) in [6.45, 7) is 3.60. The van der Waals surface area contributed by atoms with E-state index in [0.29, 0.717) is 12.1 Å². The minimum atomic E-state index is -0.562. The third-order valence-corrected chi connectivity index (χ3v) is 2.93. The van der Waals surface area contributed by atoms with Crippen LogP contribution in [-0.4, -0.2) is 45.6 Å². The Labute approximate surface area is 117 Å². The van der Waals surface area contributed by atoms with Gasteiger partial charge in [0.05, 0.1) is 4.92 Å². The predicted molar refractivity (Wildman–Crippen MR) is 75.6 cm³/mol. The molecule has 0 aliphatic carbocycles. The van der Waals surface area contributed by atoms with Crippen LogP contribution in [0.2, 0.25) is 0 Å². The number of aryl methyl sites for hydroxylation is 2. The van der Waals surface area contributed by atoms with Gasteiger partial charge in [-0.1, -0.05) is 13.3 Å². The first-order valence-corrected chi connectivity index (χ1v) is 6.47. The number of hydrogen-bond acceptors (Lipinski definition) is 5. The van der Waals surface area contributed by atoms with Gasteiger partial charge in [0, 0.05) is 21.1 Å². The van der Waals surface area contributed by atoms with Gasteiger partial charge in [-0.15, -0.1) is 0 Å². The summed E-state index contributed by atoms with van der Waals surface area (Å²) in [5.74, 6) is 0.110. The van der Waals surface area contributed by atoms with E-state index in [1.54, 1.807) is 28.1 Å². The van der Waals surface area contributed by atoms with E-state index in [2.05, 4.69) is 10.4 Å². The van der Waals surface area contributed by atoms with Crippen molar-refractivity contribution in [2.45, 2.75) is 32.7 Å². The number of carbonyl (C=O) groups is 1. The van der Waals surface area contributed by atoms with Gasteiger partial charge < -0.3 is 10.2 Å². The molecule has 8 nitrogen and oxygen atoms in total. The highest BCUT2D eigenvalue weighted by Gasteiger charge is 2.28. The second-order valence-electron chi connectivity index (χ2n) is 4.87. The Morgan fingerprint density at radius 3 is 2.60 bits per heavy atom. The lowest BCUT2D eigenvalue weighted by Gasteiger charge is -2.18. The van der Waals surface area contributed by atoms with Gasteiger partial charge >= 0.3 is 5.69 Å². The summed E-state index contributed by atoms with van der Waals surface area (Å²) in [5, 5.41) is 18.3. The summed E-state index contributed by atoms with van der Waals surface area (Å²) < 4.78 is 1.42. The van der Waals surface area contributed by atoms with Crippen molar-refractivity contribution in [1.82, 2.24) is 14.7 Å². The Hall–Kier alpha value is -2.12. The van der Waals surface area contributed by atoms with Crippen molar-refractivity contribution >= 4 is 17.4 Å². The van der Waals surface area contributed by atoms with Gasteiger partial charge in [0.1, 0.15) is 11.7 Å². The number of aromatic nitrogens is 2. The molecule has 112 valence electrons. The number of likely N-dealkylation sites (N-methyl/N-ethyl adjacent to an activating group) is 1. The number of anilines is 1. The number of hydrogen-bond donors (Lipinski definition) is 1. The van der Waals surface area contributed by atoms with Crippen LogP contribution in [0.25, 0.3) is 0 Å². The van der Waals surface area contributed by atoms with Gasteiger partial charge in [0.25, 0.3) is 0 Å². The zero-order valence-corrected chi connectivity index (χ0v) is 12.5. The molecule has 8 heteroatoms. The van der Waals surface area contributed by atoms with Crippen LogP contribution in [0.15, 0.2) is 0 Å². The fraction of sp³-hybridized carbons (Fsp3) is 0.667. The first-order valence-electron chi connectivity index (χ1n) is 6.47. The monoisotopic (exact) mass is 283 g/mol. The van der Waals surface area contributed by atoms with Crippen LogP contribution < -0.4 is 5.32 Å². The van der Waals surface area contributed by atoms with E-state index in [9.17, 15) is 14.9 Å². The molecule has 1 unspecified atom stereocenters. The predicted octanol–water partition coefficient (Wildman–Crippen LogP) is 1.17. The molecule has 1 N–H and O–H groups in total. The Balaban J connectivity index is 3.11. The van der Waals surface area contributed by atoms with Gasteiger partial charge in [-0.05, 0) is 13.3 Å². The van der Waals surface area contributed by atoms with Crippen LogP contribution >= 0.6 is 0 Å². The molecule has 0 fully saturated rings. The van der Waals surface area contributed by atoms with E-state index in [4.69, 9.17) is 0 Å². The van der Waals surface area contributed by atoms with E-state index in [0.717, 1.165) is 6.42 Å². The summed E-state index contributed by atoms with van der Waals surface area (Å²) in [6.07, 6.45) is 1.30. The number of nitrogens with one attached hydrogen (secondary N) is 1. The molecular weight excluding hydrogens is 262 g/mol. The third kappa shape index (κ3) is 3.25. The first-order chi connectivity index (χ1) is 9.29. The van der Waals surface area contributed by atoms with Crippen molar-refractivity contribution in [3.8, 4) is 0 Å². The molecule has 0 spiro atoms. The molecule has 1 amide bonds. The van der Waals surface area contributed by atoms with Crippen LogP contribution in [0, 0.1) is 10.1 Å². The molecule has 0 bridgehead atoms. The zero-order valence-electron chi connectivity index (χ0n) is 12.5. The van der Waals surface area contributed by atoms with Crippen molar-refractivity contribution in [2.24, 2.45) is 7.05 Å². The molecule has 1 aromatic heterocycles. The van der Waals surface area contributed by atoms with Gasteiger partial charge in [0.2, 0.25) is 11.7 Å². The van der Waals surface area contributed by atoms with Gasteiger partial charge in [-0.2, -0.15) is 5.10 Å². The first kappa shape index (κ1) is 15.9. The van der Waals surface area contributed by atoms with Crippen LogP contribution in [0.4, 0.5) is 11.5 Å². The number of amides is 1. The third-order valence-electron chi connectivity index (χ3n) is 2.93. The molecular formula is C12H21N5O3. The molecule has 1 heterocycles. The van der Waals surface area contributed by atoms with E-state index < -0.39 is 11.0 Å². The molecule has 20 heavy (non-hydrogen) atoms. The maximum absolute atomic E-state index is 11.8. The van der Waals surface area contributed by atoms with Gasteiger partial charge in [0.15, 0.2) is 0 Å². The Bertz CT molecular complexity index is 509. The molecule has 0 aromatic carbocycles. The quantitative estimate of drug-likeness (QED) is 0.625. The SMILES string of the molecule is CCCc1nn(C)c(NC(C)C(=O)N(C)C)c1[N+](=O)[O-]. The number of carbonyl (C=O) groups excluding carboxylic acids is 1. The highest BCUT2D eigenvalue weighted by Crippen LogP contribution is 2.29. The summed E-state index contributed by atoms with van der Waals surface area (Å²) in [4.78, 5) is 24.1. The molecule has 0 aliphatic rings. The second-order valence-corrected chi connectivity index (χ2v) is 4.87. The molecule has 0 radical (unpaired) electrons. The lowest BCUT2D eigenvalue weighted by atomic mass is 10.2. The van der Waals surface area contributed by atoms with Crippen molar-refractivity contribution in [1.29, 1.82) is 0 Å². The van der Waals surface area contributed by atoms with Crippen molar-refractivity contribution < 1.29 is 9.72 Å². The summed E-state index contributed by atoms with van der Waals surface area (Å²) in [7, 11) is 4.91. The van der Waals surface area contributed by atoms with Crippen molar-refractivity contribution in [3.05, 3.63) is 15.8 Å². The van der Waals surface area contributed by atoms with Crippen molar-refractivity contribution in [2.75, 3.05) is 19.4 Å². The van der Waals surface area contributed by atoms with Crippen LogP contribution in [0.5, 0.6) is 0 Å². The summed E-state index contributed by atoms with van der Waals surface area (Å²) >= 11 is 0. The molecule has 0 aliphatic heterocycles. The molecule has 1 atom stereocenters. The average Bonchev–Trinajstić information content (AvgIpc) is 2.65. The molecule has 1 aromatic rings. The number of rotatable bonds is 6. The Morgan fingerprint density at radius 2 is 2.15 bits per heavy atom. The lowest BCUT2D eigenvalue weighted by molar-refractivity contribution is -0.384.